The fraction of sp³-hybridized carbons (Fsp3) is 0.547. The van der Waals surface area contributed by atoms with E-state index in [-0.39, 0.29) is 117 Å². The summed E-state index contributed by atoms with van der Waals surface area (Å²) >= 11 is 0. The second-order valence-electron chi connectivity index (χ2n) is 39.9. The van der Waals surface area contributed by atoms with Gasteiger partial charge in [0.15, 0.2) is 16.6 Å². The number of carbonyl (C=O) groups excluding carboxylic acids is 4. The van der Waals surface area contributed by atoms with Crippen molar-refractivity contribution in [2.24, 2.45) is 16.2 Å². The number of carbonyl (C=O) groups is 6. The highest BCUT2D eigenvalue weighted by Gasteiger charge is 2.44. The lowest BCUT2D eigenvalue weighted by molar-refractivity contribution is -0.141. The van der Waals surface area contributed by atoms with Crippen LogP contribution >= 0.6 is 0 Å². The molecule has 6 aromatic carbocycles. The molecule has 0 aliphatic rings. The van der Waals surface area contributed by atoms with Crippen LogP contribution in [-0.4, -0.2) is 93.0 Å². The quantitative estimate of drug-likeness (QED) is 0.0136. The van der Waals surface area contributed by atoms with Crippen molar-refractivity contribution in [3.8, 4) is 35.5 Å². The average molecular weight is 1720 g/mol. The molecule has 3 atom stereocenters. The van der Waals surface area contributed by atoms with Crippen molar-refractivity contribution < 1.29 is 57.7 Å². The molecule has 0 bridgehead atoms. The molecule has 0 spiro atoms. The van der Waals surface area contributed by atoms with Crippen LogP contribution in [-0.2, 0) is 58.6 Å². The summed E-state index contributed by atoms with van der Waals surface area (Å²) in [5.74, 6) is 17.6. The van der Waals surface area contributed by atoms with Crippen molar-refractivity contribution in [3.05, 3.63) is 193 Å². The molecule has 0 heterocycles. The zero-order chi connectivity index (χ0) is 93.4. The Kier molecular flexibility index (Phi) is 39.2. The summed E-state index contributed by atoms with van der Waals surface area (Å²) in [6.45, 7) is 67.6. The molecule has 0 aromatic heterocycles. The number of benzene rings is 6. The number of hydrogen-bond donors (Lipinski definition) is 6. The molecular weight excluding hydrogens is 1560 g/mol. The molecule has 0 radical (unpaired) electrons. The zero-order valence-electron chi connectivity index (χ0n) is 81.2. The molecular formula is C106H153N3O12Si2. The number of hydrogen-bond acceptors (Lipinski definition) is 10. The van der Waals surface area contributed by atoms with Crippen LogP contribution in [0.2, 0.25) is 36.3 Å². The SMILES string of the molecule is CCC(CC)(c1ccc(C#CC(O)C(C)(C)C)c(C)c1)c1ccc(NC(=O)CCCC(=O)O)c(C)c1.CCC(CC)(c1ccc(C#CC(O[Si](C)(C)C(C)(C)C)C(C)(C)C)c(C)c1)c1ccc(NC(=O)CCCC(=O)O)c(C)c1.CCC(CC)(c1ccc(C#CC(O[Si](C)(C)C(C)(C)C)C(C)(C)C)c(C)c1)c1ccc(NC(=O)CCCC(=O)OC)c(C)c1. The van der Waals surface area contributed by atoms with Crippen molar-refractivity contribution in [1.29, 1.82) is 0 Å². The summed E-state index contributed by atoms with van der Waals surface area (Å²) in [7, 11) is -2.61. The van der Waals surface area contributed by atoms with Crippen LogP contribution in [0, 0.1) is 93.3 Å². The van der Waals surface area contributed by atoms with Gasteiger partial charge in [-0.3, -0.25) is 28.8 Å². The van der Waals surface area contributed by atoms with Crippen LogP contribution in [0.25, 0.3) is 0 Å². The minimum absolute atomic E-state index is 0.00741. The number of carboxylic acids is 2. The monoisotopic (exact) mass is 1720 g/mol. The van der Waals surface area contributed by atoms with Gasteiger partial charge in [-0.05, 0) is 255 Å². The number of esters is 1. The molecule has 672 valence electrons. The van der Waals surface area contributed by atoms with E-state index in [1.807, 2.05) is 65.8 Å². The first-order valence-corrected chi connectivity index (χ1v) is 50.4. The number of nitrogens with one attached hydrogen (secondary N) is 3. The van der Waals surface area contributed by atoms with E-state index < -0.39 is 34.7 Å². The molecule has 0 aliphatic carbocycles. The van der Waals surface area contributed by atoms with Gasteiger partial charge in [0.2, 0.25) is 17.7 Å². The third-order valence-corrected chi connectivity index (χ3v) is 34.4. The average Bonchev–Trinajstić information content (AvgIpc) is 0.774. The van der Waals surface area contributed by atoms with Crippen LogP contribution < -0.4 is 16.0 Å². The molecule has 123 heavy (non-hydrogen) atoms. The van der Waals surface area contributed by atoms with E-state index in [0.29, 0.717) is 19.3 Å². The van der Waals surface area contributed by atoms with Gasteiger partial charge in [0.25, 0.3) is 0 Å². The molecule has 15 nitrogen and oxygen atoms in total. The smallest absolute Gasteiger partial charge is 0.305 e. The first kappa shape index (κ1) is 106. The maximum Gasteiger partial charge on any atom is 0.305 e. The zero-order valence-corrected chi connectivity index (χ0v) is 83.2. The number of aliphatic hydroxyl groups is 1. The van der Waals surface area contributed by atoms with Crippen molar-refractivity contribution in [2.45, 2.75) is 354 Å². The lowest BCUT2D eigenvalue weighted by Crippen LogP contribution is -2.46. The molecule has 0 saturated carbocycles. The highest BCUT2D eigenvalue weighted by molar-refractivity contribution is 6.74. The topological polar surface area (TPSA) is 227 Å². The van der Waals surface area contributed by atoms with Crippen molar-refractivity contribution in [3.63, 3.8) is 0 Å². The molecule has 6 aromatic rings. The predicted octanol–water partition coefficient (Wildman–Crippen LogP) is 25.2. The summed E-state index contributed by atoms with van der Waals surface area (Å²) in [5, 5.41) is 37.0. The van der Waals surface area contributed by atoms with Gasteiger partial charge < -0.3 is 44.9 Å². The normalized spacial score (nSPS) is 13.0. The Morgan fingerprint density at radius 3 is 0.813 bits per heavy atom. The van der Waals surface area contributed by atoms with Crippen LogP contribution in [0.4, 0.5) is 17.1 Å². The van der Waals surface area contributed by atoms with Crippen LogP contribution in [0.15, 0.2) is 109 Å². The fourth-order valence-electron chi connectivity index (χ4n) is 14.7. The molecule has 0 fully saturated rings. The van der Waals surface area contributed by atoms with Crippen LogP contribution in [0.1, 0.15) is 325 Å². The van der Waals surface area contributed by atoms with Crippen molar-refractivity contribution in [2.75, 3.05) is 23.1 Å². The fourth-order valence-corrected chi connectivity index (χ4v) is 17.4. The molecule has 0 aliphatic heterocycles. The summed E-state index contributed by atoms with van der Waals surface area (Å²) in [5.41, 5.74) is 18.0. The Morgan fingerprint density at radius 1 is 0.358 bits per heavy atom. The lowest BCUT2D eigenvalue weighted by atomic mass is 9.70. The van der Waals surface area contributed by atoms with Crippen molar-refractivity contribution in [1.82, 2.24) is 0 Å². The van der Waals surface area contributed by atoms with E-state index in [0.717, 1.165) is 106 Å². The van der Waals surface area contributed by atoms with Gasteiger partial charge >= 0.3 is 17.9 Å². The second kappa shape index (κ2) is 45.3. The Labute approximate surface area is 744 Å². The summed E-state index contributed by atoms with van der Waals surface area (Å²) in [4.78, 5) is 69.9. The standard InChI is InChI=1S/C38H57NO4Si.C37H55NO4Si.C31H41NO4/c1-14-38(15-2,31-22-23-32(28(4)26-31)39-34(40)17-16-18-35(41)42-11)30-21-19-29(27(3)25-30)20-24-33(36(5,6)7)43-44(12,13)37(8,9)10;1-13-37(14-2,30-21-22-31(27(4)25-30)38-33(39)16-15-17-34(40)41)29-20-18-28(26(3)24-29)19-23-32(35(5,6)7)42-43(11,12)36(8,9)10;1-8-31(9-2,24-15-13-23(21(3)19-24)14-18-27(33)30(5,6)7)25-16-17-26(22(4)20-25)32-28(34)11-10-12-29(35)36/h19,21-23,25-26,33H,14-18H2,1-13H3,(H,39,40);18,20-22,24-25,32H,13-17H2,1-12H3,(H,38,39)(H,40,41);13,15-17,19-20,27,33H,8-12H2,1-7H3,(H,32,34)(H,35,36). The first-order chi connectivity index (χ1) is 56.9. The maximum absolute atomic E-state index is 12.5. The van der Waals surface area contributed by atoms with Crippen LogP contribution in [0.5, 0.6) is 0 Å². The molecule has 17 heteroatoms. The van der Waals surface area contributed by atoms with Gasteiger partial charge in [-0.15, -0.1) is 0 Å². The number of aliphatic carboxylic acids is 2. The highest BCUT2D eigenvalue weighted by atomic mass is 28.4. The summed E-state index contributed by atoms with van der Waals surface area (Å²) in [6, 6.07) is 38.5. The summed E-state index contributed by atoms with van der Waals surface area (Å²) < 4.78 is 18.2. The van der Waals surface area contributed by atoms with E-state index in [1.54, 1.807) is 0 Å². The number of aliphatic hydroxyl groups excluding tert-OH is 1. The third-order valence-electron chi connectivity index (χ3n) is 25.6. The third kappa shape index (κ3) is 29.9. The van der Waals surface area contributed by atoms with Gasteiger partial charge in [-0.2, -0.15) is 0 Å². The van der Waals surface area contributed by atoms with Gasteiger partial charge in [-0.25, -0.2) is 0 Å². The summed E-state index contributed by atoms with van der Waals surface area (Å²) in [6.07, 6.45) is 6.56. The number of methoxy groups -OCH3 is 1. The molecule has 3 unspecified atom stereocenters. The van der Waals surface area contributed by atoms with Gasteiger partial charge in [-0.1, -0.05) is 254 Å². The Hall–Kier alpha value is -8.87. The largest absolute Gasteiger partial charge is 0.481 e. The van der Waals surface area contributed by atoms with Gasteiger partial charge in [0.05, 0.1) is 7.11 Å². The number of rotatable bonds is 31. The van der Waals surface area contributed by atoms with E-state index in [1.165, 1.54) is 40.5 Å². The lowest BCUT2D eigenvalue weighted by Gasteiger charge is -2.41. The van der Waals surface area contributed by atoms with Crippen LogP contribution in [0.3, 0.4) is 0 Å². The van der Waals surface area contributed by atoms with E-state index in [2.05, 4.69) is 313 Å². The minimum Gasteiger partial charge on any atom is -0.481 e. The Morgan fingerprint density at radius 2 is 0.602 bits per heavy atom. The number of aryl methyl sites for hydroxylation is 6. The number of amides is 3. The van der Waals surface area contributed by atoms with E-state index in [9.17, 15) is 33.9 Å². The maximum atomic E-state index is 12.5. The Bertz CT molecular complexity index is 4810. The van der Waals surface area contributed by atoms with Crippen molar-refractivity contribution >= 4 is 69.3 Å². The molecule has 6 rings (SSSR count). The van der Waals surface area contributed by atoms with Gasteiger partial charge in [0, 0.05) is 88.5 Å². The number of ether oxygens (including phenoxy) is 1. The first-order valence-electron chi connectivity index (χ1n) is 44.6. The second-order valence-corrected chi connectivity index (χ2v) is 49.5. The molecule has 3 amide bonds. The van der Waals surface area contributed by atoms with E-state index >= 15 is 0 Å². The van der Waals surface area contributed by atoms with E-state index in [4.69, 9.17) is 19.1 Å². The molecule has 0 saturated heterocycles. The Balaban J connectivity index is 0.000000389. The highest BCUT2D eigenvalue weighted by Crippen LogP contribution is 2.46. The number of carboxylic acid groups (broad SMARTS) is 2. The number of anilines is 3. The molecule has 6 N–H and O–H groups in total. The predicted molar refractivity (Wildman–Crippen MR) is 515 cm³/mol. The minimum atomic E-state index is -1.99. The van der Waals surface area contributed by atoms with Gasteiger partial charge in [0.1, 0.15) is 18.3 Å².